The van der Waals surface area contributed by atoms with E-state index in [2.05, 4.69) is 11.1 Å². The summed E-state index contributed by atoms with van der Waals surface area (Å²) in [6.45, 7) is 0. The second-order valence-electron chi connectivity index (χ2n) is 4.36. The molecular formula is C16H8F2N2S. The van der Waals surface area contributed by atoms with Gasteiger partial charge in [-0.25, -0.2) is 13.8 Å². The van der Waals surface area contributed by atoms with Gasteiger partial charge >= 0.3 is 0 Å². The quantitative estimate of drug-likeness (QED) is 0.691. The average Bonchev–Trinajstić information content (AvgIpc) is 3.00. The molecule has 0 bridgehead atoms. The van der Waals surface area contributed by atoms with Gasteiger partial charge in [-0.3, -0.25) is 0 Å². The zero-order valence-corrected chi connectivity index (χ0v) is 11.5. The Morgan fingerprint density at radius 3 is 2.33 bits per heavy atom. The summed E-state index contributed by atoms with van der Waals surface area (Å²) in [7, 11) is 0. The van der Waals surface area contributed by atoms with Crippen LogP contribution in [0.4, 0.5) is 8.78 Å². The number of nitriles is 1. The molecule has 0 unspecified atom stereocenters. The Kier molecular flexibility index (Phi) is 3.46. The second kappa shape index (κ2) is 5.43. The van der Waals surface area contributed by atoms with Crippen molar-refractivity contribution in [2.75, 3.05) is 0 Å². The molecule has 0 saturated carbocycles. The molecule has 0 radical (unpaired) electrons. The minimum absolute atomic E-state index is 0.541. The number of aromatic nitrogens is 1. The van der Waals surface area contributed by atoms with E-state index in [0.717, 1.165) is 23.4 Å². The van der Waals surface area contributed by atoms with Crippen molar-refractivity contribution in [1.82, 2.24) is 4.98 Å². The molecule has 0 spiro atoms. The van der Waals surface area contributed by atoms with E-state index in [1.165, 1.54) is 17.4 Å². The maximum atomic E-state index is 13.2. The van der Waals surface area contributed by atoms with E-state index < -0.39 is 11.6 Å². The van der Waals surface area contributed by atoms with Crippen molar-refractivity contribution >= 4 is 11.3 Å². The first-order chi connectivity index (χ1) is 10.2. The van der Waals surface area contributed by atoms with Gasteiger partial charge in [-0.15, -0.1) is 11.3 Å². The van der Waals surface area contributed by atoms with Gasteiger partial charge in [0.15, 0.2) is 11.6 Å². The smallest absolute Gasteiger partial charge is 0.159 e. The van der Waals surface area contributed by atoms with Crippen molar-refractivity contribution in [2.24, 2.45) is 0 Å². The van der Waals surface area contributed by atoms with Crippen LogP contribution in [0.25, 0.3) is 21.8 Å². The standard InChI is InChI=1S/C16H8F2N2S/c17-13-6-5-12(7-14(13)18)16-20-15(9-21-16)11-3-1-10(8-19)2-4-11/h1-7,9H. The lowest BCUT2D eigenvalue weighted by Gasteiger charge is -1.98. The molecule has 1 aromatic heterocycles. The first-order valence-electron chi connectivity index (χ1n) is 6.09. The zero-order valence-electron chi connectivity index (χ0n) is 10.7. The van der Waals surface area contributed by atoms with E-state index in [1.54, 1.807) is 12.1 Å². The van der Waals surface area contributed by atoms with Gasteiger partial charge in [0, 0.05) is 16.5 Å². The van der Waals surface area contributed by atoms with Gasteiger partial charge in [0.1, 0.15) is 5.01 Å². The monoisotopic (exact) mass is 298 g/mol. The molecule has 2 aromatic carbocycles. The molecular weight excluding hydrogens is 290 g/mol. The van der Waals surface area contributed by atoms with E-state index in [9.17, 15) is 8.78 Å². The molecule has 2 nitrogen and oxygen atoms in total. The molecule has 0 aliphatic heterocycles. The lowest BCUT2D eigenvalue weighted by Crippen LogP contribution is -1.85. The topological polar surface area (TPSA) is 36.7 Å². The summed E-state index contributed by atoms with van der Waals surface area (Å²) in [6.07, 6.45) is 0. The average molecular weight is 298 g/mol. The zero-order chi connectivity index (χ0) is 14.8. The van der Waals surface area contributed by atoms with Crippen LogP contribution in [-0.2, 0) is 0 Å². The van der Waals surface area contributed by atoms with Crippen molar-refractivity contribution in [3.8, 4) is 27.9 Å². The largest absolute Gasteiger partial charge is 0.236 e. The van der Waals surface area contributed by atoms with E-state index in [0.29, 0.717) is 16.1 Å². The Bertz CT molecular complexity index is 832. The SMILES string of the molecule is N#Cc1ccc(-c2csc(-c3ccc(F)c(F)c3)n2)cc1. The third-order valence-corrected chi connectivity index (χ3v) is 3.87. The number of rotatable bonds is 2. The highest BCUT2D eigenvalue weighted by atomic mass is 32.1. The van der Waals surface area contributed by atoms with Crippen LogP contribution in [0.1, 0.15) is 5.56 Å². The Morgan fingerprint density at radius 2 is 1.67 bits per heavy atom. The van der Waals surface area contributed by atoms with Gasteiger partial charge in [0.2, 0.25) is 0 Å². The van der Waals surface area contributed by atoms with Crippen LogP contribution in [-0.4, -0.2) is 4.98 Å². The molecule has 0 amide bonds. The summed E-state index contributed by atoms with van der Waals surface area (Å²) in [6, 6.07) is 12.8. The number of nitrogens with zero attached hydrogens (tertiary/aromatic N) is 2. The van der Waals surface area contributed by atoms with E-state index in [1.807, 2.05) is 17.5 Å². The number of hydrogen-bond acceptors (Lipinski definition) is 3. The molecule has 0 atom stereocenters. The highest BCUT2D eigenvalue weighted by Gasteiger charge is 2.09. The molecule has 0 saturated heterocycles. The summed E-state index contributed by atoms with van der Waals surface area (Å²) in [5.74, 6) is -1.76. The normalized spacial score (nSPS) is 10.3. The van der Waals surface area contributed by atoms with Crippen LogP contribution >= 0.6 is 11.3 Å². The Balaban J connectivity index is 1.95. The van der Waals surface area contributed by atoms with Gasteiger partial charge < -0.3 is 0 Å². The maximum Gasteiger partial charge on any atom is 0.159 e. The Labute approximate surface area is 123 Å². The molecule has 5 heteroatoms. The maximum absolute atomic E-state index is 13.2. The third kappa shape index (κ3) is 2.67. The summed E-state index contributed by atoms with van der Waals surface area (Å²) in [5, 5.41) is 11.2. The molecule has 3 rings (SSSR count). The second-order valence-corrected chi connectivity index (χ2v) is 5.21. The van der Waals surface area contributed by atoms with Crippen molar-refractivity contribution in [2.45, 2.75) is 0 Å². The highest BCUT2D eigenvalue weighted by molar-refractivity contribution is 7.13. The minimum atomic E-state index is -0.886. The van der Waals surface area contributed by atoms with E-state index >= 15 is 0 Å². The summed E-state index contributed by atoms with van der Waals surface area (Å²) in [5.41, 5.74) is 2.73. The molecule has 1 heterocycles. The fraction of sp³-hybridized carbons (Fsp3) is 0. The molecule has 102 valence electrons. The van der Waals surface area contributed by atoms with Gasteiger partial charge in [0.05, 0.1) is 17.3 Å². The molecule has 0 aliphatic rings. The lowest BCUT2D eigenvalue weighted by atomic mass is 10.1. The molecule has 3 aromatic rings. The molecule has 0 fully saturated rings. The van der Waals surface area contributed by atoms with Gasteiger partial charge in [-0.1, -0.05) is 12.1 Å². The van der Waals surface area contributed by atoms with Gasteiger partial charge in [0.25, 0.3) is 0 Å². The summed E-state index contributed by atoms with van der Waals surface area (Å²) >= 11 is 1.36. The molecule has 0 N–H and O–H groups in total. The molecule has 0 aliphatic carbocycles. The van der Waals surface area contributed by atoms with Crippen molar-refractivity contribution < 1.29 is 8.78 Å². The molecule has 21 heavy (non-hydrogen) atoms. The van der Waals surface area contributed by atoms with E-state index in [4.69, 9.17) is 5.26 Å². The Hall–Kier alpha value is -2.58. The van der Waals surface area contributed by atoms with Crippen LogP contribution < -0.4 is 0 Å². The van der Waals surface area contributed by atoms with Crippen molar-refractivity contribution in [1.29, 1.82) is 5.26 Å². The van der Waals surface area contributed by atoms with Crippen LogP contribution in [0.5, 0.6) is 0 Å². The first-order valence-corrected chi connectivity index (χ1v) is 6.97. The number of thiazole rings is 1. The van der Waals surface area contributed by atoms with Crippen molar-refractivity contribution in [3.63, 3.8) is 0 Å². The van der Waals surface area contributed by atoms with Crippen LogP contribution in [0, 0.1) is 23.0 Å². The van der Waals surface area contributed by atoms with Crippen molar-refractivity contribution in [3.05, 3.63) is 65.0 Å². The lowest BCUT2D eigenvalue weighted by molar-refractivity contribution is 0.509. The van der Waals surface area contributed by atoms with Crippen LogP contribution in [0.2, 0.25) is 0 Å². The van der Waals surface area contributed by atoms with E-state index in [-0.39, 0.29) is 0 Å². The predicted octanol–water partition coefficient (Wildman–Crippen LogP) is 4.63. The predicted molar refractivity (Wildman–Crippen MR) is 77.6 cm³/mol. The first kappa shape index (κ1) is 13.4. The fourth-order valence-corrected chi connectivity index (χ4v) is 2.71. The Morgan fingerprint density at radius 1 is 0.952 bits per heavy atom. The number of benzene rings is 2. The van der Waals surface area contributed by atoms with Gasteiger partial charge in [-0.05, 0) is 30.3 Å². The number of halogens is 2. The summed E-state index contributed by atoms with van der Waals surface area (Å²) in [4.78, 5) is 4.42. The van der Waals surface area contributed by atoms with Crippen LogP contribution in [0.15, 0.2) is 47.8 Å². The summed E-state index contributed by atoms with van der Waals surface area (Å²) < 4.78 is 26.2. The highest BCUT2D eigenvalue weighted by Crippen LogP contribution is 2.29. The minimum Gasteiger partial charge on any atom is -0.236 e. The fourth-order valence-electron chi connectivity index (χ4n) is 1.88. The third-order valence-electron chi connectivity index (χ3n) is 2.98. The van der Waals surface area contributed by atoms with Crippen LogP contribution in [0.3, 0.4) is 0 Å². The number of hydrogen-bond donors (Lipinski definition) is 0. The van der Waals surface area contributed by atoms with Gasteiger partial charge in [-0.2, -0.15) is 5.26 Å².